The van der Waals surface area contributed by atoms with E-state index in [0.717, 1.165) is 54.7 Å². The van der Waals surface area contributed by atoms with Crippen molar-refractivity contribution in [2.75, 3.05) is 40.3 Å². The molecule has 0 spiro atoms. The minimum atomic E-state index is -3.67. The Kier molecular flexibility index (Phi) is 9.77. The number of fused-ring (bicyclic) bond motifs is 1. The number of hydrazine groups is 1. The molecule has 1 fully saturated rings. The van der Waals surface area contributed by atoms with Gasteiger partial charge in [0.05, 0.1) is 34.7 Å². The topological polar surface area (TPSA) is 58.2 Å². The van der Waals surface area contributed by atoms with E-state index < -0.39 is 18.3 Å². The third-order valence-corrected chi connectivity index (χ3v) is 6.69. The summed E-state index contributed by atoms with van der Waals surface area (Å²) in [7, 11) is 4.09. The van der Waals surface area contributed by atoms with E-state index in [-0.39, 0.29) is 23.5 Å². The highest BCUT2D eigenvalue weighted by Gasteiger charge is 2.36. The van der Waals surface area contributed by atoms with E-state index in [2.05, 4.69) is 39.0 Å². The van der Waals surface area contributed by atoms with Gasteiger partial charge in [0.2, 0.25) is 0 Å². The summed E-state index contributed by atoms with van der Waals surface area (Å²) < 4.78 is 58.4. The van der Waals surface area contributed by atoms with Gasteiger partial charge in [0.1, 0.15) is 23.3 Å². The van der Waals surface area contributed by atoms with Gasteiger partial charge in [-0.25, -0.2) is 18.8 Å². The van der Waals surface area contributed by atoms with Gasteiger partial charge in [-0.3, -0.25) is 0 Å². The van der Waals surface area contributed by atoms with Crippen molar-refractivity contribution in [3.05, 3.63) is 70.0 Å². The number of halogens is 5. The van der Waals surface area contributed by atoms with Gasteiger partial charge >= 0.3 is 6.68 Å². The lowest BCUT2D eigenvalue weighted by Crippen LogP contribution is -2.49. The number of alkyl halides is 3. The van der Waals surface area contributed by atoms with Crippen LogP contribution < -0.4 is 16.1 Å². The first kappa shape index (κ1) is 29.4. The second-order valence-electron chi connectivity index (χ2n) is 9.10. The number of piperazine rings is 1. The van der Waals surface area contributed by atoms with Crippen LogP contribution in [-0.2, 0) is 0 Å². The Hall–Kier alpha value is -3.12. The number of dihydropyridines is 1. The molecule has 1 saturated heterocycles. The fraction of sp³-hybridized carbons (Fsp3) is 0.500. The monoisotopic (exact) mass is 541 g/mol. The Morgan fingerprint density at radius 3 is 2.13 bits per heavy atom. The quantitative estimate of drug-likeness (QED) is 0.494. The lowest BCUT2D eigenvalue weighted by molar-refractivity contribution is 0.00819. The van der Waals surface area contributed by atoms with E-state index in [1.165, 1.54) is 18.2 Å². The maximum Gasteiger partial charge on any atom is 0.379 e. The SMILES string of the molecule is CC.CC1NC(N2CCN(C)CC2)=CC2=C1N=C(c1c(F)cccc1F)NC1=C2NN(C)C1C.FC(F)F. The molecule has 4 aliphatic heterocycles. The average molecular weight is 542 g/mol. The first-order valence-electron chi connectivity index (χ1n) is 12.7. The van der Waals surface area contributed by atoms with E-state index in [1.54, 1.807) is 0 Å². The largest absolute Gasteiger partial charge is 0.379 e. The number of hydrogen-bond donors (Lipinski definition) is 3. The lowest BCUT2D eigenvalue weighted by atomic mass is 10.00. The zero-order valence-corrected chi connectivity index (χ0v) is 22.5. The minimum Gasteiger partial charge on any atom is -0.364 e. The van der Waals surface area contributed by atoms with Crippen molar-refractivity contribution in [2.45, 2.75) is 46.5 Å². The molecule has 0 amide bonds. The normalized spacial score (nSPS) is 23.4. The summed E-state index contributed by atoms with van der Waals surface area (Å²) in [6.07, 6.45) is 2.11. The second-order valence-corrected chi connectivity index (χ2v) is 9.10. The summed E-state index contributed by atoms with van der Waals surface area (Å²) in [6.45, 7) is 8.29. The van der Waals surface area contributed by atoms with Crippen LogP contribution in [0.4, 0.5) is 22.0 Å². The van der Waals surface area contributed by atoms with Crippen LogP contribution in [0.3, 0.4) is 0 Å². The van der Waals surface area contributed by atoms with Crippen LogP contribution in [0.1, 0.15) is 33.3 Å². The lowest BCUT2D eigenvalue weighted by Gasteiger charge is -2.38. The van der Waals surface area contributed by atoms with Crippen LogP contribution in [0.15, 0.2) is 57.8 Å². The molecule has 0 saturated carbocycles. The molecule has 2 unspecified atom stereocenters. The smallest absolute Gasteiger partial charge is 0.364 e. The van der Waals surface area contributed by atoms with Crippen molar-refractivity contribution in [3.8, 4) is 0 Å². The molecule has 4 heterocycles. The fourth-order valence-corrected chi connectivity index (χ4v) is 4.59. The first-order valence-corrected chi connectivity index (χ1v) is 12.7. The molecule has 210 valence electrons. The molecule has 12 heteroatoms. The van der Waals surface area contributed by atoms with Crippen molar-refractivity contribution in [2.24, 2.45) is 4.99 Å². The van der Waals surface area contributed by atoms with Gasteiger partial charge in [0.25, 0.3) is 0 Å². The summed E-state index contributed by atoms with van der Waals surface area (Å²) in [6, 6.07) is 3.72. The number of hydrogen-bond acceptors (Lipinski definition) is 7. The molecule has 5 rings (SSSR count). The Morgan fingerprint density at radius 2 is 1.55 bits per heavy atom. The number of nitrogens with zero attached hydrogens (tertiary/aromatic N) is 4. The maximum absolute atomic E-state index is 14.7. The van der Waals surface area contributed by atoms with E-state index in [1.807, 2.05) is 39.8 Å². The van der Waals surface area contributed by atoms with Crippen molar-refractivity contribution >= 4 is 5.84 Å². The van der Waals surface area contributed by atoms with E-state index in [4.69, 9.17) is 4.99 Å². The number of allylic oxidation sites excluding steroid dienone is 1. The minimum absolute atomic E-state index is 0.0254. The van der Waals surface area contributed by atoms with Crippen molar-refractivity contribution in [1.29, 1.82) is 0 Å². The number of nitrogens with one attached hydrogen (secondary N) is 3. The maximum atomic E-state index is 14.7. The number of amidine groups is 1. The van der Waals surface area contributed by atoms with Gasteiger partial charge in [-0.1, -0.05) is 19.9 Å². The van der Waals surface area contributed by atoms with Gasteiger partial charge in [0, 0.05) is 38.8 Å². The molecule has 2 atom stereocenters. The molecule has 0 aromatic heterocycles. The molecule has 4 aliphatic rings. The number of likely N-dealkylation sites (N-methyl/N-ethyl adjacent to an activating group) is 2. The summed E-state index contributed by atoms with van der Waals surface area (Å²) >= 11 is 0. The Balaban J connectivity index is 0.000000612. The highest BCUT2D eigenvalue weighted by Crippen LogP contribution is 2.34. The second kappa shape index (κ2) is 12.6. The standard InChI is InChI=1S/C23H29F2N7.C2H6.CHF3/c1-13-20-15(12-18(26-13)32-10-8-30(3)9-11-32)22-21(14(2)31(4)29-22)28-23(27-20)19-16(24)6-5-7-17(19)25;1-2;2-1(3)4/h5-7,12-14,26,29H,8-11H2,1-4H3,(H,27,28);1-2H3;1H. The molecule has 38 heavy (non-hydrogen) atoms. The van der Waals surface area contributed by atoms with Crippen LogP contribution >= 0.6 is 0 Å². The zero-order chi connectivity index (χ0) is 28.1. The number of rotatable bonds is 2. The number of aliphatic imine (C=N–C) groups is 1. The third-order valence-electron chi connectivity index (χ3n) is 6.69. The van der Waals surface area contributed by atoms with Gasteiger partial charge in [-0.2, -0.15) is 13.2 Å². The zero-order valence-electron chi connectivity index (χ0n) is 22.5. The Labute approximate surface area is 220 Å². The molecule has 0 radical (unpaired) electrons. The molecular weight excluding hydrogens is 505 g/mol. The Morgan fingerprint density at radius 1 is 0.974 bits per heavy atom. The first-order chi connectivity index (χ1) is 18.1. The fourth-order valence-electron chi connectivity index (χ4n) is 4.59. The van der Waals surface area contributed by atoms with E-state index >= 15 is 0 Å². The van der Waals surface area contributed by atoms with Gasteiger partial charge in [-0.15, -0.1) is 0 Å². The molecule has 0 aliphatic carbocycles. The molecule has 1 aromatic carbocycles. The van der Waals surface area contributed by atoms with Crippen LogP contribution in [0.2, 0.25) is 0 Å². The van der Waals surface area contributed by atoms with Crippen LogP contribution in [0.25, 0.3) is 0 Å². The highest BCUT2D eigenvalue weighted by atomic mass is 19.4. The van der Waals surface area contributed by atoms with E-state index in [0.29, 0.717) is 0 Å². The van der Waals surface area contributed by atoms with Gasteiger partial charge < -0.3 is 25.9 Å². The molecule has 3 N–H and O–H groups in total. The molecular formula is C26H36F5N7. The summed E-state index contributed by atoms with van der Waals surface area (Å²) in [5.41, 5.74) is 6.71. The molecule has 7 nitrogen and oxygen atoms in total. The summed E-state index contributed by atoms with van der Waals surface area (Å²) in [5.74, 6) is -0.0397. The van der Waals surface area contributed by atoms with Crippen LogP contribution in [0.5, 0.6) is 0 Å². The predicted molar refractivity (Wildman–Crippen MR) is 139 cm³/mol. The molecule has 1 aromatic rings. The van der Waals surface area contributed by atoms with Crippen molar-refractivity contribution < 1.29 is 22.0 Å². The number of benzene rings is 1. The average Bonchev–Trinajstić information content (AvgIpc) is 3.04. The third kappa shape index (κ3) is 6.29. The van der Waals surface area contributed by atoms with Gasteiger partial charge in [-0.05, 0) is 39.1 Å². The summed E-state index contributed by atoms with van der Waals surface area (Å²) in [5, 5.41) is 8.80. The highest BCUT2D eigenvalue weighted by molar-refractivity contribution is 6.01. The van der Waals surface area contributed by atoms with Crippen molar-refractivity contribution in [1.82, 2.24) is 30.9 Å². The predicted octanol–water partition coefficient (Wildman–Crippen LogP) is 3.90. The van der Waals surface area contributed by atoms with Crippen molar-refractivity contribution in [3.63, 3.8) is 0 Å². The van der Waals surface area contributed by atoms with Crippen LogP contribution in [0, 0.1) is 11.6 Å². The Bertz CT molecular complexity index is 1100. The van der Waals surface area contributed by atoms with Crippen LogP contribution in [-0.4, -0.2) is 79.7 Å². The van der Waals surface area contributed by atoms with Gasteiger partial charge in [0.15, 0.2) is 0 Å². The molecule has 0 bridgehead atoms. The summed E-state index contributed by atoms with van der Waals surface area (Å²) in [4.78, 5) is 9.44. The van der Waals surface area contributed by atoms with E-state index in [9.17, 15) is 22.0 Å².